The van der Waals surface area contributed by atoms with Gasteiger partial charge in [-0.1, -0.05) is 6.07 Å². The highest BCUT2D eigenvalue weighted by atomic mass is 19.4. The van der Waals surface area contributed by atoms with Gasteiger partial charge in [-0.15, -0.1) is 0 Å². The van der Waals surface area contributed by atoms with E-state index in [1.54, 1.807) is 5.01 Å². The lowest BCUT2D eigenvalue weighted by molar-refractivity contribution is -0.137. The van der Waals surface area contributed by atoms with Crippen LogP contribution in [-0.4, -0.2) is 38.3 Å². The Labute approximate surface area is 201 Å². The van der Waals surface area contributed by atoms with Crippen LogP contribution in [0.4, 0.5) is 22.0 Å². The predicted molar refractivity (Wildman–Crippen MR) is 120 cm³/mol. The van der Waals surface area contributed by atoms with Gasteiger partial charge < -0.3 is 9.72 Å². The summed E-state index contributed by atoms with van der Waals surface area (Å²) in [5.74, 6) is -1.39. The van der Waals surface area contributed by atoms with Crippen LogP contribution in [0, 0.1) is 11.6 Å². The van der Waals surface area contributed by atoms with E-state index in [0.29, 0.717) is 17.2 Å². The van der Waals surface area contributed by atoms with E-state index in [9.17, 15) is 22.0 Å². The minimum Gasteiger partial charge on any atom is -0.497 e. The number of nitrogens with one attached hydrogen (secondary N) is 1. The number of methoxy groups -OCH3 is 1. The van der Waals surface area contributed by atoms with E-state index in [2.05, 4.69) is 25.0 Å². The molecule has 4 aromatic rings. The maximum Gasteiger partial charge on any atom is 0.417 e. The molecule has 1 aliphatic rings. The first kappa shape index (κ1) is 23.4. The molecule has 1 N–H and O–H groups in total. The Morgan fingerprint density at radius 3 is 2.56 bits per heavy atom. The second-order valence-electron chi connectivity index (χ2n) is 7.92. The first-order valence-electron chi connectivity index (χ1n) is 10.6. The van der Waals surface area contributed by atoms with Crippen LogP contribution >= 0.6 is 0 Å². The molecule has 184 valence electrons. The van der Waals surface area contributed by atoms with Crippen molar-refractivity contribution in [3.63, 3.8) is 0 Å². The number of aromatic amines is 1. The summed E-state index contributed by atoms with van der Waals surface area (Å²) in [6.45, 7) is 0.422. The van der Waals surface area contributed by atoms with E-state index in [4.69, 9.17) is 4.74 Å². The van der Waals surface area contributed by atoms with Gasteiger partial charge in [-0.05, 0) is 35.9 Å². The number of hydrazone groups is 1. The number of ether oxygens (including phenoxy) is 1. The van der Waals surface area contributed by atoms with E-state index in [1.165, 1.54) is 50.0 Å². The molecule has 2 aromatic heterocycles. The van der Waals surface area contributed by atoms with Crippen molar-refractivity contribution in [2.75, 3.05) is 7.11 Å². The van der Waals surface area contributed by atoms with Gasteiger partial charge in [0.15, 0.2) is 11.6 Å². The topological polar surface area (TPSA) is 79.3 Å². The summed E-state index contributed by atoms with van der Waals surface area (Å²) in [6.07, 6.45) is -0.476. The van der Waals surface area contributed by atoms with Gasteiger partial charge in [0.2, 0.25) is 0 Å². The van der Waals surface area contributed by atoms with E-state index in [-0.39, 0.29) is 41.4 Å². The average Bonchev–Trinajstić information content (AvgIpc) is 3.28. The number of imidazole rings is 1. The first-order chi connectivity index (χ1) is 17.2. The summed E-state index contributed by atoms with van der Waals surface area (Å²) < 4.78 is 73.3. The zero-order valence-electron chi connectivity index (χ0n) is 18.6. The van der Waals surface area contributed by atoms with Crippen molar-refractivity contribution in [3.05, 3.63) is 83.2 Å². The number of hydrogen-bond acceptors (Lipinski definition) is 6. The molecule has 0 bridgehead atoms. The lowest BCUT2D eigenvalue weighted by Crippen LogP contribution is -2.22. The molecule has 3 heterocycles. The van der Waals surface area contributed by atoms with E-state index < -0.39 is 23.4 Å². The Bertz CT molecular complexity index is 1450. The Kier molecular flexibility index (Phi) is 5.86. The van der Waals surface area contributed by atoms with Gasteiger partial charge in [0, 0.05) is 18.0 Å². The number of alkyl halides is 3. The zero-order valence-corrected chi connectivity index (χ0v) is 18.6. The molecule has 0 fully saturated rings. The Morgan fingerprint density at radius 2 is 1.83 bits per heavy atom. The molecule has 0 amide bonds. The van der Waals surface area contributed by atoms with E-state index in [1.807, 2.05) is 0 Å². The van der Waals surface area contributed by atoms with Gasteiger partial charge in [0.05, 0.1) is 43.2 Å². The van der Waals surface area contributed by atoms with Gasteiger partial charge in [-0.2, -0.15) is 18.3 Å². The summed E-state index contributed by atoms with van der Waals surface area (Å²) >= 11 is 0. The number of aromatic nitrogens is 4. The lowest BCUT2D eigenvalue weighted by Gasteiger charge is -2.20. The minimum atomic E-state index is -4.58. The average molecular weight is 500 g/mol. The fourth-order valence-corrected chi connectivity index (χ4v) is 3.80. The molecule has 0 atom stereocenters. The standard InChI is InChI=1S/C24H17F5N6O/c1-36-14-5-6-15(17(7-14)24(27,28)29)13-8-30-21(31-9-13)12-35-11-20-19(10-32-35)33-23(34-20)16-3-2-4-18(25)22(16)26/h2-10H,11-12H2,1H3,(H,33,34). The van der Waals surface area contributed by atoms with Crippen molar-refractivity contribution in [1.82, 2.24) is 24.9 Å². The van der Waals surface area contributed by atoms with Crippen LogP contribution in [-0.2, 0) is 19.3 Å². The number of nitrogens with zero attached hydrogens (tertiary/aromatic N) is 5. The third-order valence-corrected chi connectivity index (χ3v) is 5.57. The van der Waals surface area contributed by atoms with Crippen LogP contribution in [0.25, 0.3) is 22.5 Å². The number of H-pyrrole nitrogens is 1. The highest BCUT2D eigenvalue weighted by Crippen LogP contribution is 2.38. The summed E-state index contributed by atoms with van der Waals surface area (Å²) in [4.78, 5) is 15.7. The molecule has 5 rings (SSSR count). The molecule has 0 saturated heterocycles. The molecule has 0 spiro atoms. The number of benzene rings is 2. The van der Waals surface area contributed by atoms with Crippen LogP contribution in [0.3, 0.4) is 0 Å². The Morgan fingerprint density at radius 1 is 1.06 bits per heavy atom. The van der Waals surface area contributed by atoms with Crippen molar-refractivity contribution >= 4 is 6.21 Å². The predicted octanol–water partition coefficient (Wildman–Crippen LogP) is 5.19. The normalized spacial score (nSPS) is 13.1. The van der Waals surface area contributed by atoms with Crippen molar-refractivity contribution in [2.24, 2.45) is 5.10 Å². The molecule has 2 aromatic carbocycles. The van der Waals surface area contributed by atoms with Gasteiger partial charge in [0.1, 0.15) is 23.1 Å². The summed E-state index contributed by atoms with van der Waals surface area (Å²) in [5, 5.41) is 5.88. The highest BCUT2D eigenvalue weighted by molar-refractivity contribution is 5.80. The van der Waals surface area contributed by atoms with Crippen LogP contribution in [0.1, 0.15) is 22.8 Å². The summed E-state index contributed by atoms with van der Waals surface area (Å²) in [5.41, 5.74) is 0.406. The molecule has 12 heteroatoms. The minimum absolute atomic E-state index is 0.0000279. The molecule has 0 saturated carbocycles. The smallest absolute Gasteiger partial charge is 0.417 e. The zero-order chi connectivity index (χ0) is 25.4. The van der Waals surface area contributed by atoms with Crippen LogP contribution < -0.4 is 4.74 Å². The summed E-state index contributed by atoms with van der Waals surface area (Å²) in [6, 6.07) is 7.51. The van der Waals surface area contributed by atoms with Gasteiger partial charge >= 0.3 is 6.18 Å². The SMILES string of the molecule is COc1ccc(-c2cnc(CN3Cc4[nH]c(-c5cccc(F)c5F)nc4C=N3)nc2)c(C(F)(F)F)c1. The van der Waals surface area contributed by atoms with E-state index >= 15 is 0 Å². The third kappa shape index (κ3) is 4.49. The fourth-order valence-electron chi connectivity index (χ4n) is 3.80. The quantitative estimate of drug-likeness (QED) is 0.382. The van der Waals surface area contributed by atoms with Crippen molar-refractivity contribution < 1.29 is 26.7 Å². The van der Waals surface area contributed by atoms with Crippen LogP contribution in [0.15, 0.2) is 53.9 Å². The summed E-state index contributed by atoms with van der Waals surface area (Å²) in [7, 11) is 1.29. The molecule has 1 aliphatic heterocycles. The molecule has 7 nitrogen and oxygen atoms in total. The third-order valence-electron chi connectivity index (χ3n) is 5.57. The van der Waals surface area contributed by atoms with Crippen molar-refractivity contribution in [2.45, 2.75) is 19.3 Å². The number of rotatable bonds is 5. The maximum absolute atomic E-state index is 14.1. The lowest BCUT2D eigenvalue weighted by atomic mass is 10.0. The highest BCUT2D eigenvalue weighted by Gasteiger charge is 2.34. The second-order valence-corrected chi connectivity index (χ2v) is 7.92. The number of fused-ring (bicyclic) bond motifs is 1. The molecular formula is C24H17F5N6O. The van der Waals surface area contributed by atoms with Crippen molar-refractivity contribution in [3.8, 4) is 28.3 Å². The molecule has 0 aliphatic carbocycles. The van der Waals surface area contributed by atoms with Crippen molar-refractivity contribution in [1.29, 1.82) is 0 Å². The Balaban J connectivity index is 1.33. The second kappa shape index (κ2) is 9.02. The molecule has 0 unspecified atom stereocenters. The number of halogens is 5. The first-order valence-corrected chi connectivity index (χ1v) is 10.6. The molecule has 36 heavy (non-hydrogen) atoms. The molecular weight excluding hydrogens is 483 g/mol. The number of hydrogen-bond donors (Lipinski definition) is 1. The van der Waals surface area contributed by atoms with E-state index in [0.717, 1.165) is 12.1 Å². The fraction of sp³-hybridized carbons (Fsp3) is 0.167. The largest absolute Gasteiger partial charge is 0.497 e. The van der Waals surface area contributed by atoms with Gasteiger partial charge in [-0.25, -0.2) is 23.7 Å². The monoisotopic (exact) mass is 500 g/mol. The van der Waals surface area contributed by atoms with Gasteiger partial charge in [0.25, 0.3) is 0 Å². The van der Waals surface area contributed by atoms with Gasteiger partial charge in [-0.3, -0.25) is 5.01 Å². The maximum atomic E-state index is 14.1. The Hall–Kier alpha value is -4.35. The molecule has 0 radical (unpaired) electrons. The van der Waals surface area contributed by atoms with Crippen LogP contribution in [0.2, 0.25) is 0 Å². The van der Waals surface area contributed by atoms with Crippen LogP contribution in [0.5, 0.6) is 5.75 Å².